The average Bonchev–Trinajstić information content (AvgIpc) is 2.28. The minimum atomic E-state index is 0.156. The van der Waals surface area contributed by atoms with Gasteiger partial charge in [0.15, 0.2) is 0 Å². The van der Waals surface area contributed by atoms with Gasteiger partial charge in [-0.25, -0.2) is 0 Å². The Hall–Kier alpha value is -0.570. The molecular formula is C15H30N2O. The van der Waals surface area contributed by atoms with E-state index in [1.165, 1.54) is 19.3 Å². The largest absolute Gasteiger partial charge is 0.352 e. The molecule has 1 saturated carbocycles. The highest BCUT2D eigenvalue weighted by Crippen LogP contribution is 2.24. The van der Waals surface area contributed by atoms with Gasteiger partial charge in [0.25, 0.3) is 0 Å². The molecule has 0 bridgehead atoms. The van der Waals surface area contributed by atoms with Gasteiger partial charge in [-0.1, -0.05) is 47.0 Å². The Morgan fingerprint density at radius 1 is 1.22 bits per heavy atom. The van der Waals surface area contributed by atoms with E-state index in [9.17, 15) is 4.79 Å². The molecule has 0 aromatic heterocycles. The van der Waals surface area contributed by atoms with Gasteiger partial charge < -0.3 is 10.6 Å². The predicted octanol–water partition coefficient (Wildman–Crippen LogP) is 2.71. The maximum atomic E-state index is 11.8. The third-order valence-corrected chi connectivity index (χ3v) is 4.18. The van der Waals surface area contributed by atoms with Crippen LogP contribution >= 0.6 is 0 Å². The second-order valence-electron chi connectivity index (χ2n) is 6.80. The van der Waals surface area contributed by atoms with E-state index in [2.05, 4.69) is 38.3 Å². The summed E-state index contributed by atoms with van der Waals surface area (Å²) >= 11 is 0. The molecule has 0 heterocycles. The first kappa shape index (κ1) is 15.5. The van der Waals surface area contributed by atoms with Gasteiger partial charge >= 0.3 is 0 Å². The molecule has 1 unspecified atom stereocenters. The molecule has 2 N–H and O–H groups in total. The van der Waals surface area contributed by atoms with Crippen molar-refractivity contribution in [2.75, 3.05) is 13.1 Å². The number of carbonyl (C=O) groups is 1. The van der Waals surface area contributed by atoms with Gasteiger partial charge in [0.2, 0.25) is 5.91 Å². The van der Waals surface area contributed by atoms with Crippen LogP contribution in [0.1, 0.15) is 59.8 Å². The second-order valence-corrected chi connectivity index (χ2v) is 6.80. The SMILES string of the molecule is CC(CNCC(=O)NC1CCCCC1)C(C)(C)C. The van der Waals surface area contributed by atoms with E-state index in [1.807, 2.05) is 0 Å². The molecule has 106 valence electrons. The Kier molecular flexibility index (Phi) is 6.13. The van der Waals surface area contributed by atoms with Crippen LogP contribution in [-0.2, 0) is 4.79 Å². The lowest BCUT2D eigenvalue weighted by atomic mass is 9.82. The summed E-state index contributed by atoms with van der Waals surface area (Å²) in [6, 6.07) is 0.424. The number of hydrogen-bond donors (Lipinski definition) is 2. The number of nitrogens with one attached hydrogen (secondary N) is 2. The summed E-state index contributed by atoms with van der Waals surface area (Å²) in [6.07, 6.45) is 6.17. The highest BCUT2D eigenvalue weighted by molar-refractivity contribution is 5.78. The zero-order chi connectivity index (χ0) is 13.6. The van der Waals surface area contributed by atoms with Crippen molar-refractivity contribution in [3.8, 4) is 0 Å². The summed E-state index contributed by atoms with van der Waals surface area (Å²) in [5.74, 6) is 0.725. The molecule has 0 spiro atoms. The zero-order valence-electron chi connectivity index (χ0n) is 12.5. The van der Waals surface area contributed by atoms with E-state index in [0.29, 0.717) is 23.9 Å². The molecule has 0 radical (unpaired) electrons. The van der Waals surface area contributed by atoms with Crippen molar-refractivity contribution in [3.05, 3.63) is 0 Å². The fraction of sp³-hybridized carbons (Fsp3) is 0.933. The van der Waals surface area contributed by atoms with E-state index >= 15 is 0 Å². The lowest BCUT2D eigenvalue weighted by Gasteiger charge is -2.27. The molecule has 1 aliphatic carbocycles. The monoisotopic (exact) mass is 254 g/mol. The normalized spacial score (nSPS) is 19.6. The lowest BCUT2D eigenvalue weighted by Crippen LogP contribution is -2.42. The summed E-state index contributed by atoms with van der Waals surface area (Å²) in [4.78, 5) is 11.8. The van der Waals surface area contributed by atoms with Crippen molar-refractivity contribution in [1.82, 2.24) is 10.6 Å². The van der Waals surface area contributed by atoms with Crippen molar-refractivity contribution < 1.29 is 4.79 Å². The van der Waals surface area contributed by atoms with Crippen LogP contribution in [0.15, 0.2) is 0 Å². The fourth-order valence-electron chi connectivity index (χ4n) is 2.23. The van der Waals surface area contributed by atoms with Gasteiger partial charge in [-0.2, -0.15) is 0 Å². The maximum Gasteiger partial charge on any atom is 0.234 e. The molecule has 0 aromatic rings. The van der Waals surface area contributed by atoms with Crippen LogP contribution in [0.3, 0.4) is 0 Å². The van der Waals surface area contributed by atoms with Gasteiger partial charge in [-0.3, -0.25) is 4.79 Å². The highest BCUT2D eigenvalue weighted by Gasteiger charge is 2.20. The summed E-state index contributed by atoms with van der Waals surface area (Å²) in [6.45, 7) is 10.3. The lowest BCUT2D eigenvalue weighted by molar-refractivity contribution is -0.121. The Labute approximate surface area is 112 Å². The highest BCUT2D eigenvalue weighted by atomic mass is 16.1. The topological polar surface area (TPSA) is 41.1 Å². The van der Waals surface area contributed by atoms with Crippen LogP contribution in [-0.4, -0.2) is 25.0 Å². The standard InChI is InChI=1S/C15H30N2O/c1-12(15(2,3)4)10-16-11-14(18)17-13-8-6-5-7-9-13/h12-13,16H,5-11H2,1-4H3,(H,17,18). The third-order valence-electron chi connectivity index (χ3n) is 4.18. The van der Waals surface area contributed by atoms with E-state index in [0.717, 1.165) is 19.4 Å². The van der Waals surface area contributed by atoms with Gasteiger partial charge in [0.05, 0.1) is 6.54 Å². The first-order valence-corrected chi connectivity index (χ1v) is 7.39. The molecule has 1 rings (SSSR count). The smallest absolute Gasteiger partial charge is 0.234 e. The molecule has 1 aliphatic rings. The minimum Gasteiger partial charge on any atom is -0.352 e. The fourth-order valence-corrected chi connectivity index (χ4v) is 2.23. The minimum absolute atomic E-state index is 0.156. The van der Waals surface area contributed by atoms with Gasteiger partial charge in [0, 0.05) is 6.04 Å². The third kappa shape index (κ3) is 5.85. The number of rotatable bonds is 5. The molecule has 3 nitrogen and oxygen atoms in total. The Morgan fingerprint density at radius 2 is 1.83 bits per heavy atom. The van der Waals surface area contributed by atoms with Crippen molar-refractivity contribution in [1.29, 1.82) is 0 Å². The Morgan fingerprint density at radius 3 is 2.39 bits per heavy atom. The molecule has 1 amide bonds. The van der Waals surface area contributed by atoms with Crippen LogP contribution < -0.4 is 10.6 Å². The molecular weight excluding hydrogens is 224 g/mol. The molecule has 18 heavy (non-hydrogen) atoms. The molecule has 0 aromatic carbocycles. The number of amides is 1. The summed E-state index contributed by atoms with van der Waals surface area (Å²) in [5.41, 5.74) is 0.298. The number of hydrogen-bond acceptors (Lipinski definition) is 2. The molecule has 3 heteroatoms. The van der Waals surface area contributed by atoms with E-state index in [4.69, 9.17) is 0 Å². The van der Waals surface area contributed by atoms with Crippen LogP contribution in [0.5, 0.6) is 0 Å². The summed E-state index contributed by atoms with van der Waals surface area (Å²) in [7, 11) is 0. The molecule has 1 fully saturated rings. The Bertz CT molecular complexity index is 252. The van der Waals surface area contributed by atoms with E-state index in [-0.39, 0.29) is 5.91 Å². The zero-order valence-corrected chi connectivity index (χ0v) is 12.5. The first-order valence-electron chi connectivity index (χ1n) is 7.39. The van der Waals surface area contributed by atoms with Crippen molar-refractivity contribution in [2.45, 2.75) is 65.8 Å². The predicted molar refractivity (Wildman–Crippen MR) is 76.5 cm³/mol. The van der Waals surface area contributed by atoms with Crippen molar-refractivity contribution in [2.24, 2.45) is 11.3 Å². The van der Waals surface area contributed by atoms with Crippen LogP contribution in [0, 0.1) is 11.3 Å². The summed E-state index contributed by atoms with van der Waals surface area (Å²) < 4.78 is 0. The van der Waals surface area contributed by atoms with Gasteiger partial charge in [0.1, 0.15) is 0 Å². The molecule has 0 aliphatic heterocycles. The Balaban J connectivity index is 2.13. The quantitative estimate of drug-likeness (QED) is 0.792. The van der Waals surface area contributed by atoms with Crippen LogP contribution in [0.25, 0.3) is 0 Å². The van der Waals surface area contributed by atoms with Gasteiger partial charge in [-0.05, 0) is 30.7 Å². The van der Waals surface area contributed by atoms with Crippen molar-refractivity contribution in [3.63, 3.8) is 0 Å². The van der Waals surface area contributed by atoms with E-state index < -0.39 is 0 Å². The van der Waals surface area contributed by atoms with Crippen LogP contribution in [0.2, 0.25) is 0 Å². The maximum absolute atomic E-state index is 11.8. The second kappa shape index (κ2) is 7.13. The van der Waals surface area contributed by atoms with Gasteiger partial charge in [-0.15, -0.1) is 0 Å². The van der Waals surface area contributed by atoms with E-state index in [1.54, 1.807) is 0 Å². The first-order chi connectivity index (χ1) is 8.39. The van der Waals surface area contributed by atoms with Crippen molar-refractivity contribution >= 4 is 5.91 Å². The number of carbonyl (C=O) groups excluding carboxylic acids is 1. The summed E-state index contributed by atoms with van der Waals surface area (Å²) in [5, 5.41) is 6.40. The molecule has 1 atom stereocenters. The van der Waals surface area contributed by atoms with Crippen LogP contribution in [0.4, 0.5) is 0 Å². The molecule has 0 saturated heterocycles. The average molecular weight is 254 g/mol.